The van der Waals surface area contributed by atoms with Gasteiger partial charge in [-0.25, -0.2) is 0 Å². The van der Waals surface area contributed by atoms with Crippen LogP contribution in [0, 0.1) is 0 Å². The maximum Gasteiger partial charge on any atom is 0.333 e. The summed E-state index contributed by atoms with van der Waals surface area (Å²) >= 11 is 0. The van der Waals surface area contributed by atoms with Crippen molar-refractivity contribution >= 4 is 61.7 Å². The van der Waals surface area contributed by atoms with Crippen LogP contribution in [0.3, 0.4) is 0 Å². The van der Waals surface area contributed by atoms with Crippen molar-refractivity contribution in [1.29, 1.82) is 0 Å². The Kier molecular flexibility index (Phi) is 5.50. The molecule has 0 radical (unpaired) electrons. The molecule has 3 heterocycles. The van der Waals surface area contributed by atoms with Gasteiger partial charge in [0.25, 0.3) is 0 Å². The van der Waals surface area contributed by atoms with E-state index in [4.69, 9.17) is 0 Å². The summed E-state index contributed by atoms with van der Waals surface area (Å²) in [5.41, 5.74) is 16.5. The van der Waals surface area contributed by atoms with Crippen LogP contribution in [0.1, 0.15) is 0 Å². The van der Waals surface area contributed by atoms with E-state index in [1.807, 2.05) is 0 Å². The van der Waals surface area contributed by atoms with Gasteiger partial charge >= 0.3 is 6.85 Å². The fourth-order valence-corrected chi connectivity index (χ4v) is 8.71. The molecule has 0 atom stereocenters. The Morgan fingerprint density at radius 3 is 1.90 bits per heavy atom. The molecule has 0 fully saturated rings. The van der Waals surface area contributed by atoms with Gasteiger partial charge in [-0.2, -0.15) is 0 Å². The smallest absolute Gasteiger partial charge is 0.333 e. The first-order valence-corrected chi connectivity index (χ1v) is 17.1. The van der Waals surface area contributed by atoms with Gasteiger partial charge in [-0.1, -0.05) is 146 Å². The molecule has 0 unspecified atom stereocenters. The van der Waals surface area contributed by atoms with Crippen LogP contribution >= 0.6 is 0 Å². The minimum absolute atomic E-state index is 0.0172. The Bertz CT molecular complexity index is 2760. The van der Waals surface area contributed by atoms with E-state index in [-0.39, 0.29) is 6.85 Å². The Balaban J connectivity index is 1.33. The summed E-state index contributed by atoms with van der Waals surface area (Å²) in [6.45, 7) is 0.0172. The van der Waals surface area contributed by atoms with Crippen molar-refractivity contribution in [2.24, 2.45) is 0 Å². The third kappa shape index (κ3) is 3.67. The summed E-state index contributed by atoms with van der Waals surface area (Å²) in [4.78, 5) is 2.57. The molecule has 11 rings (SSSR count). The van der Waals surface area contributed by atoms with Gasteiger partial charge in [-0.05, 0) is 74.5 Å². The monoisotopic (exact) mass is 620 g/mol. The van der Waals surface area contributed by atoms with Gasteiger partial charge in [-0.15, -0.1) is 0 Å². The molecule has 3 heteroatoms. The van der Waals surface area contributed by atoms with Crippen LogP contribution in [-0.4, -0.2) is 11.4 Å². The van der Waals surface area contributed by atoms with Crippen LogP contribution in [-0.2, 0) is 0 Å². The van der Waals surface area contributed by atoms with E-state index in [1.165, 1.54) is 93.9 Å². The fourth-order valence-electron chi connectivity index (χ4n) is 8.71. The highest BCUT2D eigenvalue weighted by Gasteiger charge is 2.44. The van der Waals surface area contributed by atoms with E-state index in [0.29, 0.717) is 0 Å². The first kappa shape index (κ1) is 26.7. The molecule has 0 N–H and O–H groups in total. The van der Waals surface area contributed by atoms with Crippen LogP contribution in [0.4, 0.5) is 11.4 Å². The van der Waals surface area contributed by atoms with Crippen LogP contribution in [0.15, 0.2) is 176 Å². The summed E-state index contributed by atoms with van der Waals surface area (Å²) in [5.74, 6) is 0. The lowest BCUT2D eigenvalue weighted by Crippen LogP contribution is -2.60. The number of benzene rings is 8. The van der Waals surface area contributed by atoms with Crippen molar-refractivity contribution in [1.82, 2.24) is 4.57 Å². The van der Waals surface area contributed by atoms with E-state index < -0.39 is 0 Å². The Hall–Kier alpha value is -6.32. The highest BCUT2D eigenvalue weighted by Crippen LogP contribution is 2.48. The third-order valence-electron chi connectivity index (χ3n) is 10.8. The average Bonchev–Trinajstić information content (AvgIpc) is 3.54. The maximum atomic E-state index is 2.59. The van der Waals surface area contributed by atoms with Crippen LogP contribution in [0.5, 0.6) is 0 Å². The van der Waals surface area contributed by atoms with Crippen molar-refractivity contribution in [3.63, 3.8) is 0 Å². The third-order valence-corrected chi connectivity index (χ3v) is 10.8. The fraction of sp³-hybridized carbons (Fsp3) is 0. The predicted octanol–water partition coefficient (Wildman–Crippen LogP) is 10.5. The predicted molar refractivity (Wildman–Crippen MR) is 208 cm³/mol. The minimum atomic E-state index is 0.0172. The Morgan fingerprint density at radius 2 is 1.06 bits per heavy atom. The van der Waals surface area contributed by atoms with Gasteiger partial charge in [0.1, 0.15) is 0 Å². The number of hydrogen-bond acceptors (Lipinski definition) is 1. The van der Waals surface area contributed by atoms with E-state index in [0.717, 1.165) is 0 Å². The van der Waals surface area contributed by atoms with Crippen LogP contribution in [0.2, 0.25) is 0 Å². The summed E-state index contributed by atoms with van der Waals surface area (Å²) in [7, 11) is 0. The molecule has 1 aromatic heterocycles. The Labute approximate surface area is 285 Å². The van der Waals surface area contributed by atoms with Crippen molar-refractivity contribution in [2.45, 2.75) is 0 Å². The molecule has 226 valence electrons. The van der Waals surface area contributed by atoms with E-state index in [2.05, 4.69) is 185 Å². The number of aromatic nitrogens is 1. The van der Waals surface area contributed by atoms with Crippen molar-refractivity contribution < 1.29 is 0 Å². The van der Waals surface area contributed by atoms with Gasteiger partial charge < -0.3 is 9.38 Å². The molecular formula is C46H29BN2. The van der Waals surface area contributed by atoms with Gasteiger partial charge in [0.15, 0.2) is 0 Å². The molecule has 0 amide bonds. The Morgan fingerprint density at radius 1 is 0.408 bits per heavy atom. The van der Waals surface area contributed by atoms with Gasteiger partial charge in [0.2, 0.25) is 0 Å². The van der Waals surface area contributed by atoms with E-state index in [9.17, 15) is 0 Å². The number of anilines is 2. The number of fused-ring (bicyclic) bond motifs is 10. The summed E-state index contributed by atoms with van der Waals surface area (Å²) in [5, 5.41) is 5.14. The first-order valence-electron chi connectivity index (χ1n) is 17.1. The number of hydrogen-bond donors (Lipinski definition) is 0. The van der Waals surface area contributed by atoms with Gasteiger partial charge in [0, 0.05) is 38.8 Å². The highest BCUT2D eigenvalue weighted by molar-refractivity contribution is 6.93. The molecule has 9 aromatic rings. The topological polar surface area (TPSA) is 8.17 Å². The quantitative estimate of drug-likeness (QED) is 0.179. The zero-order valence-corrected chi connectivity index (χ0v) is 26.7. The molecule has 0 saturated carbocycles. The molecule has 2 aliphatic rings. The molecule has 0 saturated heterocycles. The second-order valence-corrected chi connectivity index (χ2v) is 13.3. The molecular weight excluding hydrogens is 591 g/mol. The van der Waals surface area contributed by atoms with Crippen molar-refractivity contribution in [3.05, 3.63) is 176 Å². The molecule has 49 heavy (non-hydrogen) atoms. The number of para-hydroxylation sites is 3. The van der Waals surface area contributed by atoms with E-state index >= 15 is 0 Å². The number of nitrogens with zero attached hydrogens (tertiary/aromatic N) is 2. The second kappa shape index (κ2) is 10.1. The molecule has 2 aliphatic heterocycles. The first-order chi connectivity index (χ1) is 24.3. The lowest BCUT2D eigenvalue weighted by Gasteiger charge is -2.42. The lowest BCUT2D eigenvalue weighted by molar-refractivity contribution is 1.19. The average molecular weight is 621 g/mol. The molecule has 2 nitrogen and oxygen atoms in total. The zero-order chi connectivity index (χ0) is 32.1. The van der Waals surface area contributed by atoms with E-state index in [1.54, 1.807) is 0 Å². The summed E-state index contributed by atoms with van der Waals surface area (Å²) < 4.78 is 2.59. The van der Waals surface area contributed by atoms with Crippen molar-refractivity contribution in [2.75, 3.05) is 4.81 Å². The molecule has 8 aromatic carbocycles. The zero-order valence-electron chi connectivity index (χ0n) is 26.7. The largest absolute Gasteiger partial charge is 0.376 e. The van der Waals surface area contributed by atoms with Crippen LogP contribution in [0.25, 0.3) is 71.6 Å². The van der Waals surface area contributed by atoms with Crippen molar-refractivity contribution in [3.8, 4) is 39.1 Å². The lowest BCUT2D eigenvalue weighted by atomic mass is 9.44. The molecule has 0 spiro atoms. The SMILES string of the molecule is c1ccc(-c2ccc(-c3cc4c5c6c3c3ccc7ccccc7c3n6-c3ccccc3B5N(c3ccccc3)c3ccccc3-4)cc2)cc1. The molecule has 0 aliphatic carbocycles. The normalized spacial score (nSPS) is 12.8. The standard InChI is InChI=1S/C46H29BN2/c1-3-13-30(14-4-1)31-23-25-33(26-24-31)38-29-39-36-19-9-11-21-41(36)49(34-16-5-2-6-17-34)47-40-20-10-12-22-42(40)48-45-35-18-8-7-15-32(35)27-28-37(45)43(38)46(48)44(39)47/h1-29H. The van der Waals surface area contributed by atoms with Crippen LogP contribution < -0.4 is 15.7 Å². The molecule has 0 bridgehead atoms. The summed E-state index contributed by atoms with van der Waals surface area (Å²) in [6, 6.07) is 64.8. The number of rotatable bonds is 3. The van der Waals surface area contributed by atoms with Gasteiger partial charge in [-0.3, -0.25) is 0 Å². The highest BCUT2D eigenvalue weighted by atomic mass is 15.1. The second-order valence-electron chi connectivity index (χ2n) is 13.3. The minimum Gasteiger partial charge on any atom is -0.376 e. The summed E-state index contributed by atoms with van der Waals surface area (Å²) in [6.07, 6.45) is 0. The van der Waals surface area contributed by atoms with Gasteiger partial charge in [0.05, 0.1) is 11.0 Å². The maximum absolute atomic E-state index is 2.59.